The number of hydrogen-bond acceptors (Lipinski definition) is 12. The number of carbonyl (C=O) groups excluding carboxylic acids is 5. The summed E-state index contributed by atoms with van der Waals surface area (Å²) in [5.74, 6) is -1.93. The number of piperidine rings is 3. The van der Waals surface area contributed by atoms with Gasteiger partial charge in [-0.05, 0) is 99.6 Å². The number of carbonyl (C=O) groups is 5. The number of fused-ring (bicyclic) bond motifs is 1. The van der Waals surface area contributed by atoms with Gasteiger partial charge < -0.3 is 19.9 Å². The lowest BCUT2D eigenvalue weighted by Gasteiger charge is -2.57. The molecular weight excluding hydrogens is 793 g/mol. The lowest BCUT2D eigenvalue weighted by atomic mass is 9.70. The first kappa shape index (κ1) is 39.8. The van der Waals surface area contributed by atoms with Crippen LogP contribution in [0.3, 0.4) is 0 Å². The van der Waals surface area contributed by atoms with Gasteiger partial charge in [-0.3, -0.25) is 39.1 Å². The van der Waals surface area contributed by atoms with Crippen LogP contribution in [0.1, 0.15) is 101 Å². The summed E-state index contributed by atoms with van der Waals surface area (Å²) in [6, 6.07) is 12.7. The molecule has 312 valence electrons. The number of benzene rings is 2. The molecule has 1 aromatic heterocycles. The van der Waals surface area contributed by atoms with Crippen LogP contribution in [-0.4, -0.2) is 113 Å². The largest absolute Gasteiger partial charge is 0.490 e. The minimum Gasteiger partial charge on any atom is -0.490 e. The Kier molecular flexibility index (Phi) is 10.7. The van der Waals surface area contributed by atoms with E-state index in [4.69, 9.17) is 21.6 Å². The van der Waals surface area contributed by atoms with Gasteiger partial charge in [0, 0.05) is 63.8 Å². The Hall–Kier alpha value is -5.66. The molecule has 5 amide bonds. The fraction of sp³-hybridized carbons (Fsp3) is 0.488. The van der Waals surface area contributed by atoms with Gasteiger partial charge in [0.25, 0.3) is 17.7 Å². The van der Waals surface area contributed by atoms with Gasteiger partial charge in [-0.1, -0.05) is 11.6 Å². The summed E-state index contributed by atoms with van der Waals surface area (Å²) in [5, 5.41) is 23.4. The van der Waals surface area contributed by atoms with E-state index in [-0.39, 0.29) is 58.8 Å². The number of hydrogen-bond donors (Lipinski definition) is 2. The third kappa shape index (κ3) is 7.64. The minimum absolute atomic E-state index is 0.00959. The molecule has 1 saturated carbocycles. The number of halogens is 2. The lowest BCUT2D eigenvalue weighted by Crippen LogP contribution is -2.64. The molecule has 9 rings (SSSR count). The van der Waals surface area contributed by atoms with Crippen molar-refractivity contribution in [2.75, 3.05) is 49.1 Å². The smallest absolute Gasteiger partial charge is 0.272 e. The highest BCUT2D eigenvalue weighted by molar-refractivity contribution is 6.31. The molecule has 15 nitrogen and oxygen atoms in total. The normalized spacial score (nSPS) is 24.5. The second-order valence-corrected chi connectivity index (χ2v) is 17.4. The Labute approximate surface area is 351 Å². The molecule has 0 radical (unpaired) electrons. The third-order valence-electron chi connectivity index (χ3n) is 13.3. The van der Waals surface area contributed by atoms with Crippen molar-refractivity contribution in [3.05, 3.63) is 75.7 Å². The monoisotopic (exact) mass is 837 g/mol. The van der Waals surface area contributed by atoms with Crippen molar-refractivity contribution in [2.45, 2.75) is 88.4 Å². The predicted molar refractivity (Wildman–Crippen MR) is 216 cm³/mol. The Morgan fingerprint density at radius 3 is 2.25 bits per heavy atom. The van der Waals surface area contributed by atoms with E-state index in [9.17, 15) is 24.0 Å². The fourth-order valence-corrected chi connectivity index (χ4v) is 10.1. The first-order valence-electron chi connectivity index (χ1n) is 20.8. The van der Waals surface area contributed by atoms with E-state index in [2.05, 4.69) is 30.6 Å². The van der Waals surface area contributed by atoms with Crippen molar-refractivity contribution in [3.8, 4) is 11.8 Å². The fourth-order valence-electron chi connectivity index (χ4n) is 9.84. The summed E-state index contributed by atoms with van der Waals surface area (Å²) in [4.78, 5) is 71.2. The molecule has 2 N–H and O–H groups in total. The van der Waals surface area contributed by atoms with Crippen LogP contribution in [-0.2, 0) is 9.59 Å². The zero-order valence-electron chi connectivity index (χ0n) is 33.0. The number of amides is 5. The van der Waals surface area contributed by atoms with Gasteiger partial charge in [0.05, 0.1) is 33.5 Å². The van der Waals surface area contributed by atoms with Crippen LogP contribution < -0.4 is 25.2 Å². The minimum atomic E-state index is -1.10. The molecular formula is C43H45ClFN9O6. The molecule has 60 heavy (non-hydrogen) atoms. The lowest BCUT2D eigenvalue weighted by molar-refractivity contribution is -0.136. The van der Waals surface area contributed by atoms with Crippen LogP contribution in [0.15, 0.2) is 42.5 Å². The van der Waals surface area contributed by atoms with Crippen LogP contribution in [0.25, 0.3) is 0 Å². The second kappa shape index (κ2) is 16.1. The molecule has 3 aromatic rings. The highest BCUT2D eigenvalue weighted by Gasteiger charge is 2.49. The summed E-state index contributed by atoms with van der Waals surface area (Å²) in [5.41, 5.74) is 1.17. The van der Waals surface area contributed by atoms with Crippen LogP contribution in [0.2, 0.25) is 5.02 Å². The van der Waals surface area contributed by atoms with E-state index < -0.39 is 35.5 Å². The zero-order valence-corrected chi connectivity index (χ0v) is 33.8. The number of anilines is 2. The molecule has 0 bridgehead atoms. The number of ether oxygens (including phenoxy) is 1. The second-order valence-electron chi connectivity index (χ2n) is 17.0. The number of nitrogens with one attached hydrogen (secondary N) is 2. The predicted octanol–water partition coefficient (Wildman–Crippen LogP) is 4.23. The van der Waals surface area contributed by atoms with Crippen molar-refractivity contribution in [1.29, 1.82) is 5.26 Å². The van der Waals surface area contributed by atoms with Gasteiger partial charge in [-0.2, -0.15) is 5.26 Å². The Morgan fingerprint density at radius 1 is 0.883 bits per heavy atom. The van der Waals surface area contributed by atoms with E-state index in [1.165, 1.54) is 6.07 Å². The molecule has 5 aliphatic heterocycles. The maximum absolute atomic E-state index is 15.5. The molecule has 17 heteroatoms. The van der Waals surface area contributed by atoms with Crippen LogP contribution >= 0.6 is 11.6 Å². The highest BCUT2D eigenvalue weighted by Crippen LogP contribution is 2.44. The summed E-state index contributed by atoms with van der Waals surface area (Å²) >= 11 is 6.15. The van der Waals surface area contributed by atoms with Gasteiger partial charge >= 0.3 is 0 Å². The van der Waals surface area contributed by atoms with Gasteiger partial charge in [0.1, 0.15) is 23.7 Å². The van der Waals surface area contributed by atoms with Crippen molar-refractivity contribution in [2.24, 2.45) is 5.41 Å². The van der Waals surface area contributed by atoms with Crippen molar-refractivity contribution >= 4 is 52.6 Å². The SMILES string of the molecule is N#Cc1ccc(OC2CCC(NC(=O)c3ccc(N4CCC(N5CC6(CCN(c7cc8c(cc7F)C(=O)N(C7CCC(=O)NC7=O)C8=O)CC6)C5)CC4)nn3)CC2)cc1Cl. The molecule has 1 atom stereocenters. The molecule has 6 heterocycles. The zero-order chi connectivity index (χ0) is 41.7. The maximum atomic E-state index is 15.5. The Balaban J connectivity index is 0.709. The van der Waals surface area contributed by atoms with E-state index in [0.29, 0.717) is 35.5 Å². The average Bonchev–Trinajstić information content (AvgIpc) is 3.47. The molecule has 5 fully saturated rings. The first-order valence-corrected chi connectivity index (χ1v) is 21.2. The third-order valence-corrected chi connectivity index (χ3v) is 13.6. The van der Waals surface area contributed by atoms with Gasteiger partial charge in [0.15, 0.2) is 11.5 Å². The molecule has 1 spiro atoms. The Bertz CT molecular complexity index is 2270. The summed E-state index contributed by atoms with van der Waals surface area (Å²) in [6.45, 7) is 4.89. The van der Waals surface area contributed by atoms with Crippen LogP contribution in [0.4, 0.5) is 15.9 Å². The molecule has 2 aromatic carbocycles. The maximum Gasteiger partial charge on any atom is 0.272 e. The number of aromatic nitrogens is 2. The Morgan fingerprint density at radius 2 is 1.60 bits per heavy atom. The van der Waals surface area contributed by atoms with E-state index in [1.807, 2.05) is 17.0 Å². The van der Waals surface area contributed by atoms with Gasteiger partial charge in [0.2, 0.25) is 11.8 Å². The highest BCUT2D eigenvalue weighted by atomic mass is 35.5. The number of likely N-dealkylation sites (tertiary alicyclic amines) is 1. The quantitative estimate of drug-likeness (QED) is 0.309. The standard InChI is InChI=1S/C43H45ClFN9O6/c44-32-19-29(4-1-25(32)22-46)60-28-5-2-26(3-6-28)47-39(56)34-7-9-37(50-49-34)52-15-11-27(12-16-52)53-23-43(24-53)13-17-51(18-14-43)36-21-31-30(20-33(36)45)41(58)54(42(31)59)35-8-10-38(55)48-40(35)57/h1,4,7,9,19-21,26-28,35H,2-3,5-6,8,10-18,23-24H2,(H,47,56)(H,48,55,57). The first-order chi connectivity index (χ1) is 29.0. The van der Waals surface area contributed by atoms with E-state index >= 15 is 4.39 Å². The molecule has 6 aliphatic rings. The summed E-state index contributed by atoms with van der Waals surface area (Å²) in [6.07, 6.45) is 6.92. The van der Waals surface area contributed by atoms with Crippen molar-refractivity contribution < 1.29 is 33.1 Å². The summed E-state index contributed by atoms with van der Waals surface area (Å²) < 4.78 is 21.6. The van der Waals surface area contributed by atoms with E-state index in [0.717, 1.165) is 94.3 Å². The van der Waals surface area contributed by atoms with Crippen LogP contribution in [0, 0.1) is 22.6 Å². The summed E-state index contributed by atoms with van der Waals surface area (Å²) in [7, 11) is 0. The molecule has 1 aliphatic carbocycles. The van der Waals surface area contributed by atoms with Crippen molar-refractivity contribution in [3.63, 3.8) is 0 Å². The van der Waals surface area contributed by atoms with Crippen molar-refractivity contribution in [1.82, 2.24) is 30.6 Å². The van der Waals surface area contributed by atoms with Crippen LogP contribution in [0.5, 0.6) is 5.75 Å². The number of nitrogens with zero attached hydrogens (tertiary/aromatic N) is 7. The number of imide groups is 2. The average molecular weight is 838 g/mol. The molecule has 1 unspecified atom stereocenters. The topological polar surface area (TPSA) is 181 Å². The van der Waals surface area contributed by atoms with Gasteiger partial charge in [-0.15, -0.1) is 10.2 Å². The molecule has 4 saturated heterocycles. The number of rotatable bonds is 8. The van der Waals surface area contributed by atoms with Gasteiger partial charge in [-0.25, -0.2) is 4.39 Å². The van der Waals surface area contributed by atoms with E-state index in [1.54, 1.807) is 24.3 Å². The number of nitriles is 1.